The van der Waals surface area contributed by atoms with Crippen molar-refractivity contribution in [1.29, 1.82) is 0 Å². The fourth-order valence-electron chi connectivity index (χ4n) is 2.51. The highest BCUT2D eigenvalue weighted by atomic mass is 16.4. The minimum Gasteiger partial charge on any atom is -0.480 e. The van der Waals surface area contributed by atoms with Crippen LogP contribution in [0, 0.1) is 5.92 Å². The van der Waals surface area contributed by atoms with Gasteiger partial charge in [-0.25, -0.2) is 0 Å². The molecule has 0 spiro atoms. The number of hydrogen-bond donors (Lipinski definition) is 2. The molecule has 2 N–H and O–H groups in total. The first-order chi connectivity index (χ1) is 5.77. The van der Waals surface area contributed by atoms with E-state index in [1.807, 2.05) is 0 Å². The molecule has 2 fully saturated rings. The quantitative estimate of drug-likeness (QED) is 0.615. The SMILES string of the molecule is O=C(O)[C@@H]1CC2CCCC[C@@H]2N1. The van der Waals surface area contributed by atoms with Gasteiger partial charge < -0.3 is 10.4 Å². The Morgan fingerprint density at radius 3 is 2.75 bits per heavy atom. The van der Waals surface area contributed by atoms with Gasteiger partial charge in [0, 0.05) is 6.04 Å². The molecule has 0 aromatic heterocycles. The van der Waals surface area contributed by atoms with E-state index in [1.54, 1.807) is 0 Å². The van der Waals surface area contributed by atoms with E-state index in [4.69, 9.17) is 5.11 Å². The molecule has 0 bridgehead atoms. The monoisotopic (exact) mass is 169 g/mol. The Balaban J connectivity index is 1.98. The first kappa shape index (κ1) is 8.05. The summed E-state index contributed by atoms with van der Waals surface area (Å²) in [5.74, 6) is -0.0377. The molecule has 3 nitrogen and oxygen atoms in total. The summed E-state index contributed by atoms with van der Waals surface area (Å²) in [7, 11) is 0. The van der Waals surface area contributed by atoms with Crippen LogP contribution in [0.5, 0.6) is 0 Å². The van der Waals surface area contributed by atoms with Crippen LogP contribution >= 0.6 is 0 Å². The summed E-state index contributed by atoms with van der Waals surface area (Å²) in [6.07, 6.45) is 5.80. The van der Waals surface area contributed by atoms with Crippen molar-refractivity contribution in [2.45, 2.75) is 44.2 Å². The molecule has 1 aliphatic carbocycles. The maximum absolute atomic E-state index is 10.7. The number of carbonyl (C=O) groups is 1. The Labute approximate surface area is 72.2 Å². The third kappa shape index (κ3) is 1.33. The largest absolute Gasteiger partial charge is 0.480 e. The second-order valence-corrected chi connectivity index (χ2v) is 3.94. The van der Waals surface area contributed by atoms with E-state index in [0.29, 0.717) is 12.0 Å². The van der Waals surface area contributed by atoms with Gasteiger partial charge >= 0.3 is 5.97 Å². The van der Waals surface area contributed by atoms with Crippen LogP contribution in [0.25, 0.3) is 0 Å². The molecule has 1 saturated carbocycles. The predicted molar refractivity (Wildman–Crippen MR) is 44.9 cm³/mol. The Morgan fingerprint density at radius 1 is 1.33 bits per heavy atom. The zero-order valence-corrected chi connectivity index (χ0v) is 7.12. The molecule has 3 atom stereocenters. The molecule has 0 amide bonds. The first-order valence-corrected chi connectivity index (χ1v) is 4.76. The highest BCUT2D eigenvalue weighted by Crippen LogP contribution is 2.32. The Bertz CT molecular complexity index is 179. The smallest absolute Gasteiger partial charge is 0.320 e. The fourth-order valence-corrected chi connectivity index (χ4v) is 2.51. The third-order valence-electron chi connectivity index (χ3n) is 3.16. The Morgan fingerprint density at radius 2 is 2.08 bits per heavy atom. The van der Waals surface area contributed by atoms with E-state index in [9.17, 15) is 4.79 Å². The molecular formula is C9H15NO2. The van der Waals surface area contributed by atoms with Gasteiger partial charge in [0.2, 0.25) is 0 Å². The number of hydrogen-bond acceptors (Lipinski definition) is 2. The number of fused-ring (bicyclic) bond motifs is 1. The van der Waals surface area contributed by atoms with Gasteiger partial charge in [-0.15, -0.1) is 0 Å². The average molecular weight is 169 g/mol. The van der Waals surface area contributed by atoms with Crippen molar-refractivity contribution in [3.63, 3.8) is 0 Å². The van der Waals surface area contributed by atoms with Crippen molar-refractivity contribution in [2.75, 3.05) is 0 Å². The Kier molecular flexibility index (Phi) is 2.05. The number of carboxylic acid groups (broad SMARTS) is 1. The lowest BCUT2D eigenvalue weighted by Crippen LogP contribution is -2.36. The molecule has 68 valence electrons. The maximum Gasteiger partial charge on any atom is 0.320 e. The molecule has 3 heteroatoms. The van der Waals surface area contributed by atoms with Crippen LogP contribution in [0.2, 0.25) is 0 Å². The second-order valence-electron chi connectivity index (χ2n) is 3.94. The van der Waals surface area contributed by atoms with Crippen LogP contribution in [-0.4, -0.2) is 23.2 Å². The average Bonchev–Trinajstić information content (AvgIpc) is 2.46. The summed E-state index contributed by atoms with van der Waals surface area (Å²) >= 11 is 0. The topological polar surface area (TPSA) is 49.3 Å². The molecule has 1 unspecified atom stereocenters. The molecule has 1 saturated heterocycles. The molecule has 0 aromatic carbocycles. The molecule has 1 aliphatic heterocycles. The summed E-state index contributed by atoms with van der Waals surface area (Å²) < 4.78 is 0. The van der Waals surface area contributed by atoms with Crippen LogP contribution in [0.3, 0.4) is 0 Å². The fraction of sp³-hybridized carbons (Fsp3) is 0.889. The van der Waals surface area contributed by atoms with Crippen molar-refractivity contribution in [1.82, 2.24) is 5.32 Å². The number of carboxylic acids is 1. The second kappa shape index (κ2) is 3.05. The van der Waals surface area contributed by atoms with Gasteiger partial charge in [-0.05, 0) is 25.2 Å². The van der Waals surface area contributed by atoms with Gasteiger partial charge in [-0.2, -0.15) is 0 Å². The minimum absolute atomic E-state index is 0.266. The van der Waals surface area contributed by atoms with Gasteiger partial charge in [0.15, 0.2) is 0 Å². The number of aliphatic carboxylic acids is 1. The lowest BCUT2D eigenvalue weighted by atomic mass is 9.85. The van der Waals surface area contributed by atoms with Gasteiger partial charge in [0.1, 0.15) is 6.04 Å². The predicted octanol–water partition coefficient (Wildman–Crippen LogP) is 0.992. The van der Waals surface area contributed by atoms with Crippen molar-refractivity contribution >= 4 is 5.97 Å². The summed E-state index contributed by atoms with van der Waals surface area (Å²) in [5, 5.41) is 12.0. The van der Waals surface area contributed by atoms with Crippen molar-refractivity contribution in [2.24, 2.45) is 5.92 Å². The molecule has 1 heterocycles. The number of nitrogens with one attached hydrogen (secondary N) is 1. The summed E-state index contributed by atoms with van der Waals surface area (Å²) in [6.45, 7) is 0. The highest BCUT2D eigenvalue weighted by Gasteiger charge is 2.37. The summed E-state index contributed by atoms with van der Waals surface area (Å²) in [4.78, 5) is 10.7. The molecular weight excluding hydrogens is 154 g/mol. The normalized spacial score (nSPS) is 40.8. The first-order valence-electron chi connectivity index (χ1n) is 4.76. The van der Waals surface area contributed by atoms with Crippen LogP contribution in [0.1, 0.15) is 32.1 Å². The number of rotatable bonds is 1. The van der Waals surface area contributed by atoms with E-state index in [2.05, 4.69) is 5.32 Å². The minimum atomic E-state index is -0.676. The van der Waals surface area contributed by atoms with Gasteiger partial charge in [-0.1, -0.05) is 12.8 Å². The van der Waals surface area contributed by atoms with E-state index in [0.717, 1.165) is 6.42 Å². The maximum atomic E-state index is 10.7. The molecule has 0 radical (unpaired) electrons. The van der Waals surface area contributed by atoms with Crippen molar-refractivity contribution < 1.29 is 9.90 Å². The van der Waals surface area contributed by atoms with E-state index in [1.165, 1.54) is 25.7 Å². The molecule has 2 rings (SSSR count). The zero-order valence-electron chi connectivity index (χ0n) is 7.12. The standard InChI is InChI=1S/C9H15NO2/c11-9(12)8-5-6-3-1-2-4-7(6)10-8/h6-8,10H,1-5H2,(H,11,12)/t6?,7-,8-/m0/s1. The van der Waals surface area contributed by atoms with Crippen LogP contribution in [0.4, 0.5) is 0 Å². The molecule has 0 aromatic rings. The zero-order chi connectivity index (χ0) is 8.55. The summed E-state index contributed by atoms with van der Waals surface area (Å²) in [6, 6.07) is 0.234. The lowest BCUT2D eigenvalue weighted by molar-refractivity contribution is -0.139. The van der Waals surface area contributed by atoms with Crippen LogP contribution in [-0.2, 0) is 4.79 Å². The van der Waals surface area contributed by atoms with E-state index < -0.39 is 5.97 Å². The van der Waals surface area contributed by atoms with E-state index >= 15 is 0 Å². The van der Waals surface area contributed by atoms with Crippen molar-refractivity contribution in [3.8, 4) is 0 Å². The van der Waals surface area contributed by atoms with Gasteiger partial charge in [-0.3, -0.25) is 4.79 Å². The molecule has 12 heavy (non-hydrogen) atoms. The third-order valence-corrected chi connectivity index (χ3v) is 3.16. The van der Waals surface area contributed by atoms with Gasteiger partial charge in [0.05, 0.1) is 0 Å². The van der Waals surface area contributed by atoms with Gasteiger partial charge in [0.25, 0.3) is 0 Å². The molecule has 2 aliphatic rings. The van der Waals surface area contributed by atoms with E-state index in [-0.39, 0.29) is 6.04 Å². The van der Waals surface area contributed by atoms with Crippen LogP contribution < -0.4 is 5.32 Å². The highest BCUT2D eigenvalue weighted by molar-refractivity contribution is 5.74. The van der Waals surface area contributed by atoms with Crippen molar-refractivity contribution in [3.05, 3.63) is 0 Å². The lowest BCUT2D eigenvalue weighted by Gasteiger charge is -2.24. The Hall–Kier alpha value is -0.570. The summed E-state index contributed by atoms with van der Waals surface area (Å²) in [5.41, 5.74) is 0. The van der Waals surface area contributed by atoms with Crippen LogP contribution in [0.15, 0.2) is 0 Å².